The number of amides is 1. The van der Waals surface area contributed by atoms with Gasteiger partial charge in [0.2, 0.25) is 0 Å². The maximum absolute atomic E-state index is 12.6. The molecule has 8 heteroatoms. The number of halogens is 2. The molecule has 0 saturated carbocycles. The Hall–Kier alpha value is -1.37. The van der Waals surface area contributed by atoms with Crippen LogP contribution in [0.25, 0.3) is 0 Å². The second-order valence-corrected chi connectivity index (χ2v) is 6.07. The largest absolute Gasteiger partial charge is 0.338 e. The maximum Gasteiger partial charge on any atom is 0.283 e. The lowest BCUT2D eigenvalue weighted by molar-refractivity contribution is -0.385. The van der Waals surface area contributed by atoms with Crippen molar-refractivity contribution in [2.24, 2.45) is 11.8 Å². The molecule has 1 aromatic carbocycles. The number of rotatable bonds is 2. The highest BCUT2D eigenvalue weighted by Crippen LogP contribution is 2.30. The highest BCUT2D eigenvalue weighted by Gasteiger charge is 2.36. The third-order valence-electron chi connectivity index (χ3n) is 4.38. The molecule has 2 aliphatic heterocycles. The summed E-state index contributed by atoms with van der Waals surface area (Å²) >= 11 is 5.79. The van der Waals surface area contributed by atoms with Crippen LogP contribution in [0, 0.1) is 22.0 Å². The molecule has 2 unspecified atom stereocenters. The zero-order valence-corrected chi connectivity index (χ0v) is 13.4. The van der Waals surface area contributed by atoms with E-state index in [1.165, 1.54) is 18.2 Å². The van der Waals surface area contributed by atoms with Gasteiger partial charge in [-0.3, -0.25) is 14.9 Å². The molecule has 0 aliphatic carbocycles. The number of carbonyl (C=O) groups is 1. The van der Waals surface area contributed by atoms with Gasteiger partial charge >= 0.3 is 0 Å². The number of hydrogen-bond donors (Lipinski definition) is 1. The topological polar surface area (TPSA) is 75.5 Å². The molecule has 1 aromatic rings. The van der Waals surface area contributed by atoms with E-state index in [9.17, 15) is 14.9 Å². The summed E-state index contributed by atoms with van der Waals surface area (Å²) < 4.78 is 0. The van der Waals surface area contributed by atoms with Crippen LogP contribution in [0.4, 0.5) is 5.69 Å². The summed E-state index contributed by atoms with van der Waals surface area (Å²) in [7, 11) is 0. The predicted molar refractivity (Wildman–Crippen MR) is 85.7 cm³/mol. The fourth-order valence-corrected chi connectivity index (χ4v) is 3.39. The van der Waals surface area contributed by atoms with Crippen LogP contribution in [0.1, 0.15) is 16.8 Å². The van der Waals surface area contributed by atoms with Gasteiger partial charge in [-0.2, -0.15) is 0 Å². The van der Waals surface area contributed by atoms with Crippen molar-refractivity contribution in [1.82, 2.24) is 10.2 Å². The molecule has 3 rings (SSSR count). The first kappa shape index (κ1) is 17.0. The quantitative estimate of drug-likeness (QED) is 0.659. The monoisotopic (exact) mass is 345 g/mol. The van der Waals surface area contributed by atoms with Crippen LogP contribution in [0.5, 0.6) is 0 Å². The lowest BCUT2D eigenvalue weighted by atomic mass is 9.88. The fourth-order valence-electron chi connectivity index (χ4n) is 3.23. The lowest BCUT2D eigenvalue weighted by Gasteiger charge is -2.34. The van der Waals surface area contributed by atoms with Gasteiger partial charge in [0, 0.05) is 24.2 Å². The Labute approximate surface area is 139 Å². The van der Waals surface area contributed by atoms with Gasteiger partial charge in [-0.1, -0.05) is 11.6 Å². The summed E-state index contributed by atoms with van der Waals surface area (Å²) in [4.78, 5) is 24.9. The van der Waals surface area contributed by atoms with Crippen molar-refractivity contribution in [2.45, 2.75) is 6.42 Å². The van der Waals surface area contributed by atoms with Gasteiger partial charge in [0.05, 0.1) is 4.92 Å². The minimum atomic E-state index is -0.553. The summed E-state index contributed by atoms with van der Waals surface area (Å²) in [6.45, 7) is 3.24. The Morgan fingerprint density at radius 3 is 2.82 bits per heavy atom. The second-order valence-electron chi connectivity index (χ2n) is 5.64. The summed E-state index contributed by atoms with van der Waals surface area (Å²) in [5.74, 6) is 0.798. The Morgan fingerprint density at radius 2 is 2.09 bits per heavy atom. The lowest BCUT2D eigenvalue weighted by Crippen LogP contribution is -2.43. The van der Waals surface area contributed by atoms with Crippen molar-refractivity contribution in [1.29, 1.82) is 0 Å². The number of hydrogen-bond acceptors (Lipinski definition) is 4. The van der Waals surface area contributed by atoms with Gasteiger partial charge in [-0.25, -0.2) is 0 Å². The molecule has 0 aromatic heterocycles. The van der Waals surface area contributed by atoms with Gasteiger partial charge in [0.15, 0.2) is 0 Å². The first-order valence-corrected chi connectivity index (χ1v) is 7.38. The number of likely N-dealkylation sites (tertiary alicyclic amines) is 1. The van der Waals surface area contributed by atoms with Gasteiger partial charge in [-0.15, -0.1) is 12.4 Å². The Balaban J connectivity index is 0.00000176. The maximum atomic E-state index is 12.6. The summed E-state index contributed by atoms with van der Waals surface area (Å²) in [6.07, 6.45) is 0.949. The van der Waals surface area contributed by atoms with E-state index in [1.54, 1.807) is 4.90 Å². The molecule has 0 spiro atoms. The normalized spacial score (nSPS) is 23.6. The van der Waals surface area contributed by atoms with Crippen LogP contribution in [0.2, 0.25) is 5.02 Å². The molecule has 2 heterocycles. The van der Waals surface area contributed by atoms with E-state index < -0.39 is 4.92 Å². The number of nitro benzene ring substituents is 1. The van der Waals surface area contributed by atoms with E-state index in [0.717, 1.165) is 19.5 Å². The predicted octanol–water partition coefficient (Wildman–Crippen LogP) is 2.35. The van der Waals surface area contributed by atoms with Crippen LogP contribution in [-0.4, -0.2) is 41.9 Å². The Morgan fingerprint density at radius 1 is 1.36 bits per heavy atom. The third-order valence-corrected chi connectivity index (χ3v) is 4.61. The number of benzene rings is 1. The molecular formula is C14H17Cl2N3O3. The molecular weight excluding hydrogens is 329 g/mol. The smallest absolute Gasteiger partial charge is 0.283 e. The van der Waals surface area contributed by atoms with Crippen molar-refractivity contribution in [3.8, 4) is 0 Å². The van der Waals surface area contributed by atoms with Crippen molar-refractivity contribution in [3.63, 3.8) is 0 Å². The summed E-state index contributed by atoms with van der Waals surface area (Å²) in [5, 5.41) is 14.7. The van der Waals surface area contributed by atoms with E-state index in [1.807, 2.05) is 0 Å². The van der Waals surface area contributed by atoms with E-state index in [2.05, 4.69) is 5.32 Å². The minimum Gasteiger partial charge on any atom is -0.338 e. The average Bonchev–Trinajstić information content (AvgIpc) is 2.93. The molecule has 2 saturated heterocycles. The molecule has 120 valence electrons. The minimum absolute atomic E-state index is 0. The number of piperidine rings is 1. The van der Waals surface area contributed by atoms with E-state index in [-0.39, 0.29) is 34.6 Å². The van der Waals surface area contributed by atoms with E-state index >= 15 is 0 Å². The van der Waals surface area contributed by atoms with Crippen LogP contribution >= 0.6 is 24.0 Å². The number of nitrogens with zero attached hydrogens (tertiary/aromatic N) is 2. The SMILES string of the molecule is Cl.O=C(c1ccc(Cl)cc1[N+](=O)[O-])N1CCC2CNCC2C1. The number of nitrogens with one attached hydrogen (secondary N) is 1. The molecule has 1 N–H and O–H groups in total. The number of fused-ring (bicyclic) bond motifs is 1. The Kier molecular flexibility index (Phi) is 5.26. The molecule has 6 nitrogen and oxygen atoms in total. The molecule has 2 atom stereocenters. The first-order valence-electron chi connectivity index (χ1n) is 7.00. The van der Waals surface area contributed by atoms with Crippen LogP contribution in [0.3, 0.4) is 0 Å². The van der Waals surface area contributed by atoms with Crippen LogP contribution < -0.4 is 5.32 Å². The molecule has 2 fully saturated rings. The number of nitro groups is 1. The molecule has 1 amide bonds. The van der Waals surface area contributed by atoms with Crippen molar-refractivity contribution in [2.75, 3.05) is 26.2 Å². The van der Waals surface area contributed by atoms with Gasteiger partial charge in [-0.05, 0) is 43.5 Å². The van der Waals surface area contributed by atoms with Gasteiger partial charge in [0.25, 0.3) is 11.6 Å². The van der Waals surface area contributed by atoms with Gasteiger partial charge < -0.3 is 10.2 Å². The molecule has 2 aliphatic rings. The van der Waals surface area contributed by atoms with E-state index in [4.69, 9.17) is 11.6 Å². The van der Waals surface area contributed by atoms with Crippen molar-refractivity contribution < 1.29 is 9.72 Å². The average molecular weight is 346 g/mol. The number of carbonyl (C=O) groups excluding carboxylic acids is 1. The Bertz CT molecular complexity index is 597. The summed E-state index contributed by atoms with van der Waals surface area (Å²) in [5.41, 5.74) is -0.104. The highest BCUT2D eigenvalue weighted by atomic mass is 35.5. The molecule has 0 radical (unpaired) electrons. The van der Waals surface area contributed by atoms with Crippen LogP contribution in [0.15, 0.2) is 18.2 Å². The highest BCUT2D eigenvalue weighted by molar-refractivity contribution is 6.31. The standard InChI is InChI=1S/C14H16ClN3O3.ClH/c15-11-1-2-12(13(5-11)18(20)21)14(19)17-4-3-9-6-16-7-10(9)8-17;/h1-2,5,9-10,16H,3-4,6-8H2;1H. The fraction of sp³-hybridized carbons (Fsp3) is 0.500. The van der Waals surface area contributed by atoms with Crippen LogP contribution in [-0.2, 0) is 0 Å². The molecule has 0 bridgehead atoms. The first-order chi connectivity index (χ1) is 10.1. The molecule has 22 heavy (non-hydrogen) atoms. The van der Waals surface area contributed by atoms with Crippen molar-refractivity contribution in [3.05, 3.63) is 38.9 Å². The zero-order valence-electron chi connectivity index (χ0n) is 11.8. The van der Waals surface area contributed by atoms with Crippen molar-refractivity contribution >= 4 is 35.6 Å². The third kappa shape index (κ3) is 3.19. The van der Waals surface area contributed by atoms with E-state index in [0.29, 0.717) is 24.9 Å². The zero-order chi connectivity index (χ0) is 15.0. The van der Waals surface area contributed by atoms with Gasteiger partial charge in [0.1, 0.15) is 5.56 Å². The second kappa shape index (κ2) is 6.81. The summed E-state index contributed by atoms with van der Waals surface area (Å²) in [6, 6.07) is 4.20.